The van der Waals surface area contributed by atoms with Crippen LogP contribution in [0, 0.1) is 0 Å². The minimum atomic E-state index is -2.88. The van der Waals surface area contributed by atoms with Gasteiger partial charge in [0, 0.05) is 17.6 Å². The van der Waals surface area contributed by atoms with Crippen molar-refractivity contribution in [3.05, 3.63) is 36.3 Å². The van der Waals surface area contributed by atoms with Crippen LogP contribution in [0.4, 0.5) is 0 Å². The molecule has 3 heterocycles. The van der Waals surface area contributed by atoms with Crippen molar-refractivity contribution < 1.29 is 13.2 Å². The first-order chi connectivity index (χ1) is 10.5. The lowest BCUT2D eigenvalue weighted by molar-refractivity contribution is -0.118. The molecule has 22 heavy (non-hydrogen) atoms. The average molecular weight is 339 g/mol. The number of imidazole rings is 1. The molecule has 0 radical (unpaired) electrons. The lowest BCUT2D eigenvalue weighted by Gasteiger charge is -2.07. The van der Waals surface area contributed by atoms with Gasteiger partial charge in [0.05, 0.1) is 29.5 Å². The molecule has 0 aromatic carbocycles. The molecule has 2 aromatic heterocycles. The Bertz CT molecular complexity index is 752. The third kappa shape index (κ3) is 3.80. The molecule has 1 N–H and O–H groups in total. The van der Waals surface area contributed by atoms with E-state index in [-0.39, 0.29) is 28.4 Å². The number of fused-ring (bicyclic) bond motifs is 1. The number of sulfone groups is 1. The maximum absolute atomic E-state index is 11.8. The Labute approximate surface area is 133 Å². The minimum absolute atomic E-state index is 0.0472. The van der Waals surface area contributed by atoms with Crippen LogP contribution in [0.1, 0.15) is 12.1 Å². The maximum Gasteiger partial charge on any atom is 0.230 e. The molecule has 0 aliphatic carbocycles. The second kappa shape index (κ2) is 6.29. The van der Waals surface area contributed by atoms with Gasteiger partial charge in [-0.3, -0.25) is 4.79 Å². The lowest BCUT2D eigenvalue weighted by atomic mass is 10.4. The van der Waals surface area contributed by atoms with Gasteiger partial charge in [0.1, 0.15) is 5.65 Å². The molecular weight excluding hydrogens is 322 g/mol. The Morgan fingerprint density at radius 2 is 2.32 bits per heavy atom. The fourth-order valence-corrected chi connectivity index (χ4v) is 5.87. The van der Waals surface area contributed by atoms with Crippen LogP contribution in [0.5, 0.6) is 0 Å². The molecule has 3 rings (SSSR count). The zero-order valence-electron chi connectivity index (χ0n) is 11.9. The van der Waals surface area contributed by atoms with Crippen molar-refractivity contribution in [3.63, 3.8) is 0 Å². The van der Waals surface area contributed by atoms with Crippen molar-refractivity contribution in [2.24, 2.45) is 0 Å². The minimum Gasteiger partial charge on any atom is -0.350 e. The lowest BCUT2D eigenvalue weighted by Crippen LogP contribution is -2.25. The highest BCUT2D eigenvalue weighted by Crippen LogP contribution is 2.23. The number of carbonyl (C=O) groups excluding carboxylic acids is 1. The van der Waals surface area contributed by atoms with Gasteiger partial charge >= 0.3 is 0 Å². The molecule has 1 amide bonds. The first kappa shape index (κ1) is 15.4. The number of pyridine rings is 1. The van der Waals surface area contributed by atoms with Crippen molar-refractivity contribution in [1.82, 2.24) is 14.7 Å². The number of hydrogen-bond donors (Lipinski definition) is 1. The van der Waals surface area contributed by atoms with Crippen LogP contribution >= 0.6 is 11.8 Å². The fraction of sp³-hybridized carbons (Fsp3) is 0.429. The van der Waals surface area contributed by atoms with Crippen molar-refractivity contribution in [2.45, 2.75) is 18.2 Å². The highest BCUT2D eigenvalue weighted by Gasteiger charge is 2.28. The van der Waals surface area contributed by atoms with E-state index in [1.54, 1.807) is 0 Å². The number of amides is 1. The maximum atomic E-state index is 11.8. The van der Waals surface area contributed by atoms with Crippen molar-refractivity contribution in [3.8, 4) is 0 Å². The van der Waals surface area contributed by atoms with Crippen LogP contribution in [-0.4, -0.2) is 46.2 Å². The Morgan fingerprint density at radius 1 is 1.45 bits per heavy atom. The SMILES string of the molecule is O=C(CS[C@H]1CCS(=O)(=O)C1)NCc1cn2ccccc2n1. The van der Waals surface area contributed by atoms with Crippen LogP contribution in [0.3, 0.4) is 0 Å². The molecule has 2 aromatic rings. The van der Waals surface area contributed by atoms with Gasteiger partial charge in [0.25, 0.3) is 0 Å². The van der Waals surface area contributed by atoms with Crippen LogP contribution in [0.2, 0.25) is 0 Å². The van der Waals surface area contributed by atoms with E-state index >= 15 is 0 Å². The fourth-order valence-electron chi connectivity index (χ4n) is 2.40. The summed E-state index contributed by atoms with van der Waals surface area (Å²) in [7, 11) is -2.88. The first-order valence-electron chi connectivity index (χ1n) is 7.03. The number of aromatic nitrogens is 2. The van der Waals surface area contributed by atoms with E-state index in [4.69, 9.17) is 0 Å². The number of rotatable bonds is 5. The molecule has 1 aliphatic rings. The van der Waals surface area contributed by atoms with Gasteiger partial charge in [-0.15, -0.1) is 11.8 Å². The molecule has 118 valence electrons. The number of hydrogen-bond acceptors (Lipinski definition) is 5. The molecule has 1 saturated heterocycles. The molecule has 1 aliphatic heterocycles. The summed E-state index contributed by atoms with van der Waals surface area (Å²) in [5.74, 6) is 0.629. The predicted octanol–water partition coefficient (Wildman–Crippen LogP) is 0.871. The van der Waals surface area contributed by atoms with E-state index in [1.807, 2.05) is 35.0 Å². The van der Waals surface area contributed by atoms with Gasteiger partial charge in [-0.25, -0.2) is 13.4 Å². The zero-order chi connectivity index (χ0) is 15.6. The number of carbonyl (C=O) groups is 1. The Morgan fingerprint density at radius 3 is 3.05 bits per heavy atom. The molecule has 8 heteroatoms. The smallest absolute Gasteiger partial charge is 0.230 e. The summed E-state index contributed by atoms with van der Waals surface area (Å²) >= 11 is 1.42. The first-order valence-corrected chi connectivity index (χ1v) is 9.90. The predicted molar refractivity (Wildman–Crippen MR) is 86.6 cm³/mol. The van der Waals surface area contributed by atoms with E-state index in [9.17, 15) is 13.2 Å². The number of nitrogens with one attached hydrogen (secondary N) is 1. The number of thioether (sulfide) groups is 1. The van der Waals surface area contributed by atoms with Crippen LogP contribution in [0.15, 0.2) is 30.6 Å². The van der Waals surface area contributed by atoms with E-state index in [2.05, 4.69) is 10.3 Å². The largest absolute Gasteiger partial charge is 0.350 e. The molecule has 0 bridgehead atoms. The second-order valence-corrected chi connectivity index (χ2v) is 8.83. The molecular formula is C14H17N3O3S2. The standard InChI is InChI=1S/C14H17N3O3S2/c18-14(9-21-12-4-6-22(19,20)10-12)15-7-11-8-17-5-2-1-3-13(17)16-11/h1-3,5,8,12H,4,6-7,9-10H2,(H,15,18)/t12-/m0/s1. The van der Waals surface area contributed by atoms with Crippen molar-refractivity contribution >= 4 is 33.2 Å². The summed E-state index contributed by atoms with van der Waals surface area (Å²) in [5, 5.41) is 2.87. The summed E-state index contributed by atoms with van der Waals surface area (Å²) in [4.78, 5) is 16.2. The van der Waals surface area contributed by atoms with Gasteiger partial charge in [0.15, 0.2) is 9.84 Å². The third-order valence-corrected chi connectivity index (χ3v) is 6.80. The normalized spacial score (nSPS) is 20.3. The Kier molecular flexibility index (Phi) is 4.39. The summed E-state index contributed by atoms with van der Waals surface area (Å²) in [6.07, 6.45) is 4.43. The van der Waals surface area contributed by atoms with E-state index < -0.39 is 9.84 Å². The Hall–Kier alpha value is -1.54. The van der Waals surface area contributed by atoms with Crippen LogP contribution in [0.25, 0.3) is 5.65 Å². The quantitative estimate of drug-likeness (QED) is 0.874. The molecule has 1 fully saturated rings. The van der Waals surface area contributed by atoms with Crippen LogP contribution < -0.4 is 5.32 Å². The molecule has 0 spiro atoms. The van der Waals surface area contributed by atoms with Crippen molar-refractivity contribution in [1.29, 1.82) is 0 Å². The van der Waals surface area contributed by atoms with E-state index in [0.717, 1.165) is 11.3 Å². The molecule has 6 nitrogen and oxygen atoms in total. The van der Waals surface area contributed by atoms with E-state index in [0.29, 0.717) is 13.0 Å². The third-order valence-electron chi connectivity index (χ3n) is 3.52. The highest BCUT2D eigenvalue weighted by molar-refractivity contribution is 8.02. The topological polar surface area (TPSA) is 80.5 Å². The zero-order valence-corrected chi connectivity index (χ0v) is 13.6. The van der Waals surface area contributed by atoms with Gasteiger partial charge < -0.3 is 9.72 Å². The van der Waals surface area contributed by atoms with Gasteiger partial charge in [-0.05, 0) is 18.6 Å². The monoisotopic (exact) mass is 339 g/mol. The molecule has 0 saturated carbocycles. The summed E-state index contributed by atoms with van der Waals surface area (Å²) in [6, 6.07) is 5.74. The molecule has 0 unspecified atom stereocenters. The summed E-state index contributed by atoms with van der Waals surface area (Å²) < 4.78 is 24.6. The van der Waals surface area contributed by atoms with E-state index in [1.165, 1.54) is 11.8 Å². The van der Waals surface area contributed by atoms with Gasteiger partial charge in [-0.1, -0.05) is 6.07 Å². The highest BCUT2D eigenvalue weighted by atomic mass is 32.2. The molecule has 1 atom stereocenters. The second-order valence-electron chi connectivity index (χ2n) is 5.31. The summed E-state index contributed by atoms with van der Waals surface area (Å²) in [6.45, 7) is 0.379. The Balaban J connectivity index is 1.46. The van der Waals surface area contributed by atoms with Gasteiger partial charge in [-0.2, -0.15) is 0 Å². The summed E-state index contributed by atoms with van der Waals surface area (Å²) in [5.41, 5.74) is 1.64. The average Bonchev–Trinajstić information content (AvgIpc) is 3.05. The van der Waals surface area contributed by atoms with Gasteiger partial charge in [0.2, 0.25) is 5.91 Å². The van der Waals surface area contributed by atoms with Crippen molar-refractivity contribution in [2.75, 3.05) is 17.3 Å². The number of nitrogens with zero attached hydrogens (tertiary/aromatic N) is 2. The van der Waals surface area contributed by atoms with Crippen LogP contribution in [-0.2, 0) is 21.2 Å².